The van der Waals surface area contributed by atoms with Gasteiger partial charge in [-0.3, -0.25) is 0 Å². The molecule has 0 atom stereocenters. The summed E-state index contributed by atoms with van der Waals surface area (Å²) in [6.45, 7) is 5.67. The fraction of sp³-hybridized carbons (Fsp3) is 1.00. The van der Waals surface area contributed by atoms with E-state index in [1.807, 2.05) is 13.8 Å². The van der Waals surface area contributed by atoms with Crippen LogP contribution in [0.5, 0.6) is 0 Å². The molecule has 0 spiro atoms. The Morgan fingerprint density at radius 1 is 1.27 bits per heavy atom. The molecule has 66 valence electrons. The van der Waals surface area contributed by atoms with Crippen molar-refractivity contribution in [2.45, 2.75) is 13.8 Å². The maximum atomic E-state index is 8.88. The van der Waals surface area contributed by atoms with Crippen LogP contribution in [0.3, 0.4) is 0 Å². The number of phosphoric acid groups is 1. The van der Waals surface area contributed by atoms with Gasteiger partial charge in [-0.1, -0.05) is 0 Å². The van der Waals surface area contributed by atoms with Gasteiger partial charge in [0.1, 0.15) is 0 Å². The van der Waals surface area contributed by atoms with Crippen LogP contribution in [-0.4, -0.2) is 27.9 Å². The van der Waals surface area contributed by atoms with Crippen molar-refractivity contribution in [3.8, 4) is 0 Å². The number of ether oxygens (including phenoxy) is 1. The molecule has 0 rings (SSSR count). The molecule has 0 aliphatic carbocycles. The van der Waals surface area contributed by atoms with Crippen LogP contribution in [0.1, 0.15) is 15.3 Å². The van der Waals surface area contributed by atoms with Crippen molar-refractivity contribution in [3.05, 3.63) is 0 Å². The molecule has 0 amide bonds. The monoisotopic (exact) mass is 212 g/mol. The molecule has 7 heteroatoms. The molecule has 0 heterocycles. The third-order valence-electron chi connectivity index (χ3n) is 0.408. The molecule has 0 aliphatic rings. The zero-order chi connectivity index (χ0) is 8.62. The van der Waals surface area contributed by atoms with E-state index in [2.05, 4.69) is 0 Å². The molecular formula is C4H14KO5P. The Balaban J connectivity index is -0.0000000457. The fourth-order valence-corrected chi connectivity index (χ4v) is 0.204. The maximum absolute atomic E-state index is 8.88. The van der Waals surface area contributed by atoms with Crippen molar-refractivity contribution >= 4 is 7.82 Å². The summed E-state index contributed by atoms with van der Waals surface area (Å²) in [6.07, 6.45) is 0. The topological polar surface area (TPSA) is 87.0 Å². The maximum Gasteiger partial charge on any atom is 1.00 e. The van der Waals surface area contributed by atoms with Gasteiger partial charge < -0.3 is 20.8 Å². The molecule has 0 unspecified atom stereocenters. The minimum absolute atomic E-state index is 0. The first-order valence-electron chi connectivity index (χ1n) is 2.77. The van der Waals surface area contributed by atoms with E-state index in [0.29, 0.717) is 0 Å². The van der Waals surface area contributed by atoms with Gasteiger partial charge in [0.05, 0.1) is 0 Å². The minimum atomic E-state index is -4.64. The van der Waals surface area contributed by atoms with Crippen LogP contribution < -0.4 is 51.4 Å². The van der Waals surface area contributed by atoms with Crippen LogP contribution in [0.15, 0.2) is 0 Å². The number of hydrogen-bond donors (Lipinski definition) is 3. The van der Waals surface area contributed by atoms with Crippen molar-refractivity contribution in [1.29, 1.82) is 0 Å². The van der Waals surface area contributed by atoms with E-state index in [4.69, 9.17) is 24.0 Å². The first-order chi connectivity index (χ1) is 4.41. The molecule has 11 heavy (non-hydrogen) atoms. The molecule has 0 bridgehead atoms. The van der Waals surface area contributed by atoms with Crippen molar-refractivity contribution in [1.82, 2.24) is 0 Å². The van der Waals surface area contributed by atoms with Gasteiger partial charge in [-0.05, 0) is 13.8 Å². The second-order valence-electron chi connectivity index (χ2n) is 1.29. The first-order valence-corrected chi connectivity index (χ1v) is 4.34. The second-order valence-corrected chi connectivity index (χ2v) is 2.32. The average Bonchev–Trinajstić information content (AvgIpc) is 1.63. The number of rotatable bonds is 2. The van der Waals surface area contributed by atoms with Crippen LogP contribution in [0.2, 0.25) is 0 Å². The predicted molar refractivity (Wildman–Crippen MR) is 37.5 cm³/mol. The summed E-state index contributed by atoms with van der Waals surface area (Å²) in [5.74, 6) is 0. The molecule has 0 aliphatic heterocycles. The zero-order valence-corrected chi connectivity index (χ0v) is 11.0. The molecule has 3 N–H and O–H groups in total. The van der Waals surface area contributed by atoms with Gasteiger partial charge in [0, 0.05) is 13.2 Å². The van der Waals surface area contributed by atoms with E-state index in [-0.39, 0.29) is 52.8 Å². The molecule has 0 aromatic heterocycles. The summed E-state index contributed by atoms with van der Waals surface area (Å²) < 4.78 is 13.7. The Kier molecular flexibility index (Phi) is 19.7. The van der Waals surface area contributed by atoms with Gasteiger partial charge in [0.2, 0.25) is 0 Å². The molecule has 0 fully saturated rings. The van der Waals surface area contributed by atoms with Crippen LogP contribution in [0.25, 0.3) is 0 Å². The van der Waals surface area contributed by atoms with Crippen molar-refractivity contribution < 1.29 is 76.8 Å². The second kappa shape index (κ2) is 11.7. The summed E-state index contributed by atoms with van der Waals surface area (Å²) in [4.78, 5) is 21.6. The Morgan fingerprint density at radius 2 is 1.45 bits per heavy atom. The standard InChI is InChI=1S/C4H10O.K.H3O4P.H/c1-3-5-4-2;;1-5(2,3)4;/h3-4H2,1-2H3;;(H3,1,2,3,4);/q;+1;;-1. The molecule has 0 radical (unpaired) electrons. The Hall–Kier alpha value is 1.71. The predicted octanol–water partition coefficient (Wildman–Crippen LogP) is -2.77. The van der Waals surface area contributed by atoms with Crippen molar-refractivity contribution in [3.63, 3.8) is 0 Å². The Labute approximate surface area is 110 Å². The molecular weight excluding hydrogens is 198 g/mol. The summed E-state index contributed by atoms with van der Waals surface area (Å²) in [5, 5.41) is 0. The quantitative estimate of drug-likeness (QED) is 0.341. The first kappa shape index (κ1) is 18.5. The van der Waals surface area contributed by atoms with Crippen LogP contribution in [0.4, 0.5) is 0 Å². The molecule has 0 aromatic rings. The molecule has 0 saturated heterocycles. The van der Waals surface area contributed by atoms with E-state index in [1.165, 1.54) is 0 Å². The van der Waals surface area contributed by atoms with Gasteiger partial charge in [0.15, 0.2) is 0 Å². The Morgan fingerprint density at radius 3 is 1.45 bits per heavy atom. The zero-order valence-electron chi connectivity index (χ0n) is 8.02. The van der Waals surface area contributed by atoms with Crippen LogP contribution in [0, 0.1) is 0 Å². The third-order valence-corrected chi connectivity index (χ3v) is 0.408. The van der Waals surface area contributed by atoms with Crippen molar-refractivity contribution in [2.24, 2.45) is 0 Å². The van der Waals surface area contributed by atoms with E-state index in [0.717, 1.165) is 13.2 Å². The van der Waals surface area contributed by atoms with E-state index in [9.17, 15) is 0 Å². The normalized spacial score (nSPS) is 9.18. The summed E-state index contributed by atoms with van der Waals surface area (Å²) >= 11 is 0. The molecule has 0 aromatic carbocycles. The SMILES string of the molecule is CCOCC.O=P(O)(O)O.[H-].[K+]. The average molecular weight is 212 g/mol. The molecule has 0 saturated carbocycles. The number of hydrogen-bond acceptors (Lipinski definition) is 2. The van der Waals surface area contributed by atoms with Gasteiger partial charge >= 0.3 is 59.2 Å². The van der Waals surface area contributed by atoms with Gasteiger partial charge in [0.25, 0.3) is 0 Å². The van der Waals surface area contributed by atoms with Crippen LogP contribution >= 0.6 is 7.82 Å². The fourth-order valence-electron chi connectivity index (χ4n) is 0.204. The van der Waals surface area contributed by atoms with Gasteiger partial charge in [-0.25, -0.2) is 4.57 Å². The van der Waals surface area contributed by atoms with E-state index in [1.54, 1.807) is 0 Å². The Bertz CT molecular complexity index is 97.4. The summed E-state index contributed by atoms with van der Waals surface area (Å²) in [6, 6.07) is 0. The largest absolute Gasteiger partial charge is 1.00 e. The minimum Gasteiger partial charge on any atom is -1.00 e. The smallest absolute Gasteiger partial charge is 1.00 e. The van der Waals surface area contributed by atoms with Crippen LogP contribution in [-0.2, 0) is 9.30 Å². The summed E-state index contributed by atoms with van der Waals surface area (Å²) in [5.41, 5.74) is 0. The van der Waals surface area contributed by atoms with Crippen molar-refractivity contribution in [2.75, 3.05) is 13.2 Å². The van der Waals surface area contributed by atoms with Gasteiger partial charge in [-0.15, -0.1) is 0 Å². The van der Waals surface area contributed by atoms with E-state index >= 15 is 0 Å². The third kappa shape index (κ3) is 80.3. The van der Waals surface area contributed by atoms with E-state index < -0.39 is 7.82 Å². The molecule has 5 nitrogen and oxygen atoms in total. The summed E-state index contributed by atoms with van der Waals surface area (Å²) in [7, 11) is -4.64. The van der Waals surface area contributed by atoms with Gasteiger partial charge in [-0.2, -0.15) is 0 Å².